The lowest BCUT2D eigenvalue weighted by atomic mass is 9.98. The number of halogens is 2. The van der Waals surface area contributed by atoms with Gasteiger partial charge in [-0.15, -0.1) is 23.2 Å². The maximum Gasteiger partial charge on any atom is 0.230 e. The second-order valence-corrected chi connectivity index (χ2v) is 7.16. The lowest BCUT2D eigenvalue weighted by molar-refractivity contribution is -0.127. The number of carbonyl (C=O) groups is 1. The first-order valence-electron chi connectivity index (χ1n) is 7.02. The minimum atomic E-state index is -0.946. The normalized spacial score (nSPS) is 28.8. The number of alkyl halides is 2. The molecule has 4 heteroatoms. The van der Waals surface area contributed by atoms with Crippen LogP contribution in [0.3, 0.4) is 0 Å². The van der Waals surface area contributed by atoms with Gasteiger partial charge in [0.25, 0.3) is 0 Å². The molecular weight excluding hydrogens is 293 g/mol. The second-order valence-electron chi connectivity index (χ2n) is 5.78. The topological polar surface area (TPSA) is 29.1 Å². The number of carbonyl (C=O) groups excluding carboxylic acids is 1. The van der Waals surface area contributed by atoms with Gasteiger partial charge in [-0.2, -0.15) is 0 Å². The molecule has 0 bridgehead atoms. The molecule has 1 aliphatic rings. The molecule has 110 valence electrons. The number of nitrogens with one attached hydrogen (secondary N) is 1. The van der Waals surface area contributed by atoms with Gasteiger partial charge >= 0.3 is 0 Å². The van der Waals surface area contributed by atoms with Gasteiger partial charge in [0.15, 0.2) is 0 Å². The van der Waals surface area contributed by atoms with E-state index < -0.39 is 9.75 Å². The van der Waals surface area contributed by atoms with Crippen LogP contribution in [0.5, 0.6) is 0 Å². The lowest BCUT2D eigenvalue weighted by Gasteiger charge is -2.21. The third-order valence-electron chi connectivity index (χ3n) is 4.68. The van der Waals surface area contributed by atoms with Crippen LogP contribution >= 0.6 is 23.2 Å². The fourth-order valence-electron chi connectivity index (χ4n) is 2.95. The largest absolute Gasteiger partial charge is 0.349 e. The number of aryl methyl sites for hydroxylation is 1. The predicted octanol–water partition coefficient (Wildman–Crippen LogP) is 4.39. The summed E-state index contributed by atoms with van der Waals surface area (Å²) in [7, 11) is 0. The third kappa shape index (κ3) is 2.23. The Morgan fingerprint density at radius 3 is 2.25 bits per heavy atom. The fraction of sp³-hybridized carbons (Fsp3) is 0.562. The third-order valence-corrected chi connectivity index (χ3v) is 6.01. The van der Waals surface area contributed by atoms with Crippen molar-refractivity contribution in [2.75, 3.05) is 0 Å². The van der Waals surface area contributed by atoms with E-state index in [2.05, 4.69) is 5.32 Å². The summed E-state index contributed by atoms with van der Waals surface area (Å²) in [4.78, 5) is 12.6. The average Bonchev–Trinajstić information content (AvgIpc) is 2.84. The molecule has 1 unspecified atom stereocenters. The van der Waals surface area contributed by atoms with Crippen LogP contribution in [0.1, 0.15) is 44.4 Å². The SMILES string of the molecule is CC[C@]1(C(=O)NC(C)c2ccc(C)cc2)[C@H](C)C1(Cl)Cl. The Bertz CT molecular complexity index is 512. The van der Waals surface area contributed by atoms with E-state index in [-0.39, 0.29) is 17.9 Å². The molecule has 2 rings (SSSR count). The Labute approximate surface area is 130 Å². The van der Waals surface area contributed by atoms with E-state index in [0.29, 0.717) is 6.42 Å². The first kappa shape index (κ1) is 15.7. The second kappa shape index (κ2) is 5.23. The number of rotatable bonds is 4. The van der Waals surface area contributed by atoms with Crippen molar-refractivity contribution in [2.45, 2.75) is 44.5 Å². The molecule has 1 amide bonds. The predicted molar refractivity (Wildman–Crippen MR) is 84.1 cm³/mol. The highest BCUT2D eigenvalue weighted by Gasteiger charge is 2.76. The molecule has 1 fully saturated rings. The zero-order valence-electron chi connectivity index (χ0n) is 12.3. The maximum absolute atomic E-state index is 12.6. The molecule has 0 aromatic heterocycles. The van der Waals surface area contributed by atoms with Crippen LogP contribution in [0, 0.1) is 18.3 Å². The van der Waals surface area contributed by atoms with E-state index in [4.69, 9.17) is 23.2 Å². The molecule has 1 N–H and O–H groups in total. The van der Waals surface area contributed by atoms with Crippen LogP contribution in [0.25, 0.3) is 0 Å². The molecule has 1 aromatic carbocycles. The minimum Gasteiger partial charge on any atom is -0.349 e. The maximum atomic E-state index is 12.6. The molecule has 2 nitrogen and oxygen atoms in total. The van der Waals surface area contributed by atoms with Gasteiger partial charge in [-0.25, -0.2) is 0 Å². The van der Waals surface area contributed by atoms with Gasteiger partial charge < -0.3 is 5.32 Å². The van der Waals surface area contributed by atoms with E-state index in [1.54, 1.807) is 0 Å². The van der Waals surface area contributed by atoms with Crippen molar-refractivity contribution >= 4 is 29.1 Å². The Hall–Kier alpha value is -0.730. The van der Waals surface area contributed by atoms with Crippen molar-refractivity contribution in [3.8, 4) is 0 Å². The molecule has 0 saturated heterocycles. The number of hydrogen-bond acceptors (Lipinski definition) is 1. The number of benzene rings is 1. The molecule has 1 saturated carbocycles. The number of amides is 1. The Morgan fingerprint density at radius 2 is 1.85 bits per heavy atom. The van der Waals surface area contributed by atoms with Crippen LogP contribution in [-0.4, -0.2) is 10.2 Å². The molecule has 20 heavy (non-hydrogen) atoms. The van der Waals surface area contributed by atoms with Crippen molar-refractivity contribution in [3.05, 3.63) is 35.4 Å². The molecule has 1 aliphatic carbocycles. The molecule has 0 spiro atoms. The summed E-state index contributed by atoms with van der Waals surface area (Å²) in [5.74, 6) is -0.0703. The van der Waals surface area contributed by atoms with Crippen molar-refractivity contribution in [3.63, 3.8) is 0 Å². The van der Waals surface area contributed by atoms with Gasteiger partial charge in [-0.05, 0) is 25.8 Å². The fourth-order valence-corrected chi connectivity index (χ4v) is 3.98. The first-order valence-corrected chi connectivity index (χ1v) is 7.78. The summed E-state index contributed by atoms with van der Waals surface area (Å²) in [5.41, 5.74) is 1.63. The van der Waals surface area contributed by atoms with Crippen LogP contribution < -0.4 is 5.32 Å². The Balaban J connectivity index is 2.11. The summed E-state index contributed by atoms with van der Waals surface area (Å²) in [5, 5.41) is 3.05. The van der Waals surface area contributed by atoms with Crippen molar-refractivity contribution in [2.24, 2.45) is 11.3 Å². The zero-order valence-corrected chi connectivity index (χ0v) is 13.8. The lowest BCUT2D eigenvalue weighted by Crippen LogP contribution is -2.36. The molecule has 1 aromatic rings. The highest BCUT2D eigenvalue weighted by atomic mass is 35.5. The van der Waals surface area contributed by atoms with E-state index in [0.717, 1.165) is 5.56 Å². The highest BCUT2D eigenvalue weighted by Crippen LogP contribution is 2.70. The number of hydrogen-bond donors (Lipinski definition) is 1. The molecule has 0 aliphatic heterocycles. The summed E-state index contributed by atoms with van der Waals surface area (Å²) in [6, 6.07) is 8.10. The molecule has 0 radical (unpaired) electrons. The van der Waals surface area contributed by atoms with Crippen LogP contribution in [0.2, 0.25) is 0 Å². The smallest absolute Gasteiger partial charge is 0.230 e. The van der Waals surface area contributed by atoms with Gasteiger partial charge in [0.1, 0.15) is 4.33 Å². The van der Waals surface area contributed by atoms with E-state index in [1.807, 2.05) is 52.0 Å². The van der Waals surface area contributed by atoms with Crippen molar-refractivity contribution in [1.29, 1.82) is 0 Å². The summed E-state index contributed by atoms with van der Waals surface area (Å²) in [6.07, 6.45) is 0.646. The van der Waals surface area contributed by atoms with Crippen molar-refractivity contribution in [1.82, 2.24) is 5.32 Å². The minimum absolute atomic E-state index is 0.0199. The van der Waals surface area contributed by atoms with Gasteiger partial charge in [-0.3, -0.25) is 4.79 Å². The Morgan fingerprint density at radius 1 is 1.35 bits per heavy atom. The quantitative estimate of drug-likeness (QED) is 0.820. The van der Waals surface area contributed by atoms with Crippen molar-refractivity contribution < 1.29 is 4.79 Å². The standard InChI is InChI=1S/C16H21Cl2NO/c1-5-15(12(4)16(15,17)18)14(20)19-11(3)13-8-6-10(2)7-9-13/h6-9,11-12H,5H2,1-4H3,(H,19,20)/t11?,12-,15+/m0/s1. The van der Waals surface area contributed by atoms with Crippen LogP contribution in [0.15, 0.2) is 24.3 Å². The average molecular weight is 314 g/mol. The van der Waals surface area contributed by atoms with E-state index in [9.17, 15) is 4.79 Å². The van der Waals surface area contributed by atoms with Gasteiger partial charge in [0.05, 0.1) is 11.5 Å². The van der Waals surface area contributed by atoms with E-state index >= 15 is 0 Å². The Kier molecular flexibility index (Phi) is 4.10. The summed E-state index contributed by atoms with van der Waals surface area (Å²) < 4.78 is -0.946. The van der Waals surface area contributed by atoms with Crippen LogP contribution in [-0.2, 0) is 4.79 Å². The van der Waals surface area contributed by atoms with Crippen LogP contribution in [0.4, 0.5) is 0 Å². The summed E-state index contributed by atoms with van der Waals surface area (Å²) >= 11 is 12.5. The zero-order chi connectivity index (χ0) is 15.1. The molecule has 0 heterocycles. The highest BCUT2D eigenvalue weighted by molar-refractivity contribution is 6.53. The van der Waals surface area contributed by atoms with E-state index in [1.165, 1.54) is 5.56 Å². The van der Waals surface area contributed by atoms with Gasteiger partial charge in [0.2, 0.25) is 5.91 Å². The summed E-state index contributed by atoms with van der Waals surface area (Å²) in [6.45, 7) is 7.90. The molecular formula is C16H21Cl2NO. The first-order chi connectivity index (χ1) is 9.27. The van der Waals surface area contributed by atoms with Gasteiger partial charge in [0, 0.05) is 5.92 Å². The van der Waals surface area contributed by atoms with Gasteiger partial charge in [-0.1, -0.05) is 43.7 Å². The monoisotopic (exact) mass is 313 g/mol. The molecule has 3 atom stereocenters.